The fourth-order valence-electron chi connectivity index (χ4n) is 3.01. The van der Waals surface area contributed by atoms with Crippen LogP contribution in [0.15, 0.2) is 66.7 Å². The Morgan fingerprint density at radius 1 is 0.923 bits per heavy atom. The van der Waals surface area contributed by atoms with Crippen LogP contribution in [0.5, 0.6) is 0 Å². The number of nitrogen functional groups attached to an aromatic ring is 1. The van der Waals surface area contributed by atoms with E-state index < -0.39 is 0 Å². The molecule has 4 heteroatoms. The number of aromatic amines is 1. The van der Waals surface area contributed by atoms with E-state index in [-0.39, 0.29) is 0 Å². The summed E-state index contributed by atoms with van der Waals surface area (Å²) in [4.78, 5) is 8.11. The Hall–Kier alpha value is -3.04. The second kappa shape index (κ2) is 7.06. The zero-order valence-corrected chi connectivity index (χ0v) is 14.9. The first kappa shape index (κ1) is 16.4. The van der Waals surface area contributed by atoms with E-state index in [0.717, 1.165) is 28.8 Å². The molecule has 0 aliphatic rings. The molecule has 3 N–H and O–H groups in total. The number of imidazole rings is 1. The van der Waals surface area contributed by atoms with Crippen molar-refractivity contribution in [1.29, 1.82) is 0 Å². The molecule has 0 radical (unpaired) electrons. The van der Waals surface area contributed by atoms with E-state index in [0.29, 0.717) is 10.7 Å². The standard InChI is InChI=1S/C22H18ClN3/c23-21-16(8-4-10-18(21)24)12-13-20-25-19-11-5-9-17(22(19)26-20)14-15-6-2-1-3-7-15/h1-13H,14,24H2,(H,25,26). The predicted molar refractivity (Wildman–Crippen MR) is 110 cm³/mol. The molecule has 1 heterocycles. The average molecular weight is 360 g/mol. The van der Waals surface area contributed by atoms with Crippen LogP contribution in [0.1, 0.15) is 22.5 Å². The number of para-hydroxylation sites is 1. The summed E-state index contributed by atoms with van der Waals surface area (Å²) >= 11 is 6.25. The molecule has 0 fully saturated rings. The number of hydrogen-bond donors (Lipinski definition) is 2. The van der Waals surface area contributed by atoms with Crippen LogP contribution in [0.25, 0.3) is 23.2 Å². The summed E-state index contributed by atoms with van der Waals surface area (Å²) in [7, 11) is 0. The highest BCUT2D eigenvalue weighted by Crippen LogP contribution is 2.25. The Labute approximate surface area is 157 Å². The third-order valence-corrected chi connectivity index (χ3v) is 4.77. The smallest absolute Gasteiger partial charge is 0.131 e. The molecule has 3 nitrogen and oxygen atoms in total. The van der Waals surface area contributed by atoms with Crippen LogP contribution in [0, 0.1) is 0 Å². The van der Waals surface area contributed by atoms with Crippen LogP contribution >= 0.6 is 11.6 Å². The topological polar surface area (TPSA) is 54.7 Å². The van der Waals surface area contributed by atoms with Gasteiger partial charge in [-0.1, -0.05) is 66.2 Å². The van der Waals surface area contributed by atoms with Crippen molar-refractivity contribution in [1.82, 2.24) is 9.97 Å². The molecule has 4 rings (SSSR count). The number of benzene rings is 3. The number of rotatable bonds is 4. The maximum Gasteiger partial charge on any atom is 0.131 e. The van der Waals surface area contributed by atoms with Gasteiger partial charge >= 0.3 is 0 Å². The van der Waals surface area contributed by atoms with Crippen molar-refractivity contribution >= 4 is 40.5 Å². The van der Waals surface area contributed by atoms with Crippen LogP contribution in [0.2, 0.25) is 5.02 Å². The molecule has 0 atom stereocenters. The second-order valence-electron chi connectivity index (χ2n) is 6.18. The zero-order valence-electron chi connectivity index (χ0n) is 14.1. The van der Waals surface area contributed by atoms with Crippen molar-refractivity contribution in [3.05, 3.63) is 94.3 Å². The molecule has 0 bridgehead atoms. The SMILES string of the molecule is Nc1cccc(C=Cc2nc3c(Cc4ccccc4)cccc3[nH]2)c1Cl. The van der Waals surface area contributed by atoms with E-state index in [1.54, 1.807) is 6.07 Å². The van der Waals surface area contributed by atoms with Crippen LogP contribution in [-0.2, 0) is 6.42 Å². The molecular weight excluding hydrogens is 342 g/mol. The van der Waals surface area contributed by atoms with Crippen molar-refractivity contribution in [2.45, 2.75) is 6.42 Å². The molecule has 26 heavy (non-hydrogen) atoms. The monoisotopic (exact) mass is 359 g/mol. The number of hydrogen-bond acceptors (Lipinski definition) is 2. The predicted octanol–water partition coefficient (Wildman–Crippen LogP) is 5.56. The fourth-order valence-corrected chi connectivity index (χ4v) is 3.20. The Morgan fingerprint density at radius 2 is 1.73 bits per heavy atom. The maximum absolute atomic E-state index is 6.25. The number of nitrogens with two attached hydrogens (primary N) is 1. The summed E-state index contributed by atoms with van der Waals surface area (Å²) in [6.45, 7) is 0. The molecule has 128 valence electrons. The summed E-state index contributed by atoms with van der Waals surface area (Å²) in [6.07, 6.45) is 4.70. The number of halogens is 1. The summed E-state index contributed by atoms with van der Waals surface area (Å²) in [5, 5.41) is 0.560. The summed E-state index contributed by atoms with van der Waals surface area (Å²) in [5.41, 5.74) is 11.8. The normalized spacial score (nSPS) is 11.4. The molecule has 0 unspecified atom stereocenters. The first-order valence-corrected chi connectivity index (χ1v) is 8.82. The molecule has 3 aromatic carbocycles. The summed E-state index contributed by atoms with van der Waals surface area (Å²) < 4.78 is 0. The van der Waals surface area contributed by atoms with Gasteiger partial charge in [0.2, 0.25) is 0 Å². The Bertz CT molecular complexity index is 1080. The highest BCUT2D eigenvalue weighted by atomic mass is 35.5. The number of anilines is 1. The van der Waals surface area contributed by atoms with Crippen molar-refractivity contribution in [2.24, 2.45) is 0 Å². The van der Waals surface area contributed by atoms with Gasteiger partial charge in [0.15, 0.2) is 0 Å². The van der Waals surface area contributed by atoms with Gasteiger partial charge in [-0.25, -0.2) is 4.98 Å². The van der Waals surface area contributed by atoms with Crippen LogP contribution in [-0.4, -0.2) is 9.97 Å². The molecule has 0 aliphatic heterocycles. The molecule has 0 saturated carbocycles. The number of nitrogens with one attached hydrogen (secondary N) is 1. The van der Waals surface area contributed by atoms with E-state index in [9.17, 15) is 0 Å². The largest absolute Gasteiger partial charge is 0.398 e. The first-order chi connectivity index (χ1) is 12.7. The first-order valence-electron chi connectivity index (χ1n) is 8.44. The van der Waals surface area contributed by atoms with E-state index >= 15 is 0 Å². The quantitative estimate of drug-likeness (QED) is 0.469. The van der Waals surface area contributed by atoms with Crippen molar-refractivity contribution in [3.8, 4) is 0 Å². The minimum absolute atomic E-state index is 0.560. The number of nitrogens with zero attached hydrogens (tertiary/aromatic N) is 1. The van der Waals surface area contributed by atoms with Crippen LogP contribution in [0.3, 0.4) is 0 Å². The molecule has 4 aromatic rings. The summed E-state index contributed by atoms with van der Waals surface area (Å²) in [6, 6.07) is 22.2. The molecule has 0 saturated heterocycles. The van der Waals surface area contributed by atoms with Gasteiger partial charge in [-0.15, -0.1) is 0 Å². The minimum Gasteiger partial charge on any atom is -0.398 e. The molecule has 0 spiro atoms. The minimum atomic E-state index is 0.560. The lowest BCUT2D eigenvalue weighted by Gasteiger charge is -2.02. The third-order valence-electron chi connectivity index (χ3n) is 4.33. The lowest BCUT2D eigenvalue weighted by Crippen LogP contribution is -1.89. The highest BCUT2D eigenvalue weighted by Gasteiger charge is 2.07. The second-order valence-corrected chi connectivity index (χ2v) is 6.56. The van der Waals surface area contributed by atoms with Gasteiger partial charge in [0.25, 0.3) is 0 Å². The van der Waals surface area contributed by atoms with Gasteiger partial charge < -0.3 is 10.7 Å². The van der Waals surface area contributed by atoms with E-state index in [1.807, 2.05) is 36.4 Å². The highest BCUT2D eigenvalue weighted by molar-refractivity contribution is 6.34. The molecular formula is C22H18ClN3. The van der Waals surface area contributed by atoms with Gasteiger partial charge in [0, 0.05) is 0 Å². The van der Waals surface area contributed by atoms with Crippen molar-refractivity contribution in [3.63, 3.8) is 0 Å². The van der Waals surface area contributed by atoms with E-state index in [2.05, 4.69) is 41.4 Å². The molecule has 0 amide bonds. The number of aromatic nitrogens is 2. The van der Waals surface area contributed by atoms with Gasteiger partial charge in [-0.2, -0.15) is 0 Å². The van der Waals surface area contributed by atoms with E-state index in [4.69, 9.17) is 22.3 Å². The maximum atomic E-state index is 6.25. The Morgan fingerprint density at radius 3 is 2.58 bits per heavy atom. The Kier molecular flexibility index (Phi) is 4.46. The third kappa shape index (κ3) is 3.35. The van der Waals surface area contributed by atoms with Crippen molar-refractivity contribution in [2.75, 3.05) is 5.73 Å². The van der Waals surface area contributed by atoms with Crippen LogP contribution in [0.4, 0.5) is 5.69 Å². The van der Waals surface area contributed by atoms with Crippen LogP contribution < -0.4 is 5.73 Å². The van der Waals surface area contributed by atoms with E-state index in [1.165, 1.54) is 11.1 Å². The lowest BCUT2D eigenvalue weighted by atomic mass is 10.0. The van der Waals surface area contributed by atoms with Crippen molar-refractivity contribution < 1.29 is 0 Å². The molecule has 0 aliphatic carbocycles. The fraction of sp³-hybridized carbons (Fsp3) is 0.0455. The Balaban J connectivity index is 1.66. The number of H-pyrrole nitrogens is 1. The van der Waals surface area contributed by atoms with Gasteiger partial charge in [0.1, 0.15) is 5.82 Å². The summed E-state index contributed by atoms with van der Waals surface area (Å²) in [5.74, 6) is 0.791. The van der Waals surface area contributed by atoms with Gasteiger partial charge in [0.05, 0.1) is 21.7 Å². The van der Waals surface area contributed by atoms with Gasteiger partial charge in [-0.05, 0) is 47.4 Å². The molecule has 1 aromatic heterocycles. The average Bonchev–Trinajstić information content (AvgIpc) is 3.08. The lowest BCUT2D eigenvalue weighted by molar-refractivity contribution is 1.20. The number of fused-ring (bicyclic) bond motifs is 1. The zero-order chi connectivity index (χ0) is 17.9. The van der Waals surface area contributed by atoms with Gasteiger partial charge in [-0.3, -0.25) is 0 Å².